The van der Waals surface area contributed by atoms with Crippen molar-refractivity contribution in [3.63, 3.8) is 0 Å². The zero-order valence-corrected chi connectivity index (χ0v) is 14.3. The molecule has 2 aromatic rings. The Balaban J connectivity index is 1.95. The molecule has 0 radical (unpaired) electrons. The number of aromatic nitrogens is 1. The van der Waals surface area contributed by atoms with Gasteiger partial charge >= 0.3 is 0 Å². The van der Waals surface area contributed by atoms with Crippen LogP contribution in [0, 0.1) is 10.1 Å². The van der Waals surface area contributed by atoms with Gasteiger partial charge in [-0.15, -0.1) is 0 Å². The van der Waals surface area contributed by atoms with Crippen LogP contribution in [0.15, 0.2) is 35.5 Å². The molecule has 1 N–H and O–H groups in total. The highest BCUT2D eigenvalue weighted by atomic mass is 35.5. The van der Waals surface area contributed by atoms with Crippen molar-refractivity contribution < 1.29 is 9.72 Å². The second-order valence-corrected chi connectivity index (χ2v) is 6.41. The average Bonchev–Trinajstić information content (AvgIpc) is 2.51. The van der Waals surface area contributed by atoms with E-state index < -0.39 is 4.92 Å². The molecule has 0 unspecified atom stereocenters. The van der Waals surface area contributed by atoms with Crippen LogP contribution in [0.2, 0.25) is 15.1 Å². The molecule has 2 rings (SSSR count). The molecule has 120 valence electrons. The van der Waals surface area contributed by atoms with E-state index in [4.69, 9.17) is 34.8 Å². The van der Waals surface area contributed by atoms with E-state index in [-0.39, 0.29) is 27.4 Å². The highest BCUT2D eigenvalue weighted by Crippen LogP contribution is 2.32. The monoisotopic (exact) mass is 391 g/mol. The quantitative estimate of drug-likeness (QED) is 0.345. The van der Waals surface area contributed by atoms with Gasteiger partial charge in [0.25, 0.3) is 5.69 Å². The number of nitrogens with one attached hydrogen (secondary N) is 1. The number of nitro groups is 1. The van der Waals surface area contributed by atoms with Crippen LogP contribution in [0.25, 0.3) is 0 Å². The van der Waals surface area contributed by atoms with Gasteiger partial charge in [0.05, 0.1) is 36.5 Å². The molecule has 0 saturated heterocycles. The van der Waals surface area contributed by atoms with Crippen LogP contribution in [0.3, 0.4) is 0 Å². The molecule has 0 spiro atoms. The molecule has 0 atom stereocenters. The minimum absolute atomic E-state index is 0.0569. The molecule has 6 nitrogen and oxygen atoms in total. The number of nitrogens with zero attached hydrogens (tertiary/aromatic N) is 2. The molecule has 0 aliphatic rings. The molecular weight excluding hydrogens is 385 g/mol. The molecule has 1 aromatic carbocycles. The maximum absolute atomic E-state index is 11.9. The Kier molecular flexibility index (Phi) is 6.06. The van der Waals surface area contributed by atoms with Gasteiger partial charge in [0.2, 0.25) is 5.91 Å². The molecule has 10 heteroatoms. The topological polar surface area (TPSA) is 85.1 Å². The van der Waals surface area contributed by atoms with Crippen molar-refractivity contribution in [3.05, 3.63) is 55.6 Å². The van der Waals surface area contributed by atoms with E-state index in [1.54, 1.807) is 0 Å². The van der Waals surface area contributed by atoms with Gasteiger partial charge in [0.1, 0.15) is 6.20 Å². The maximum Gasteiger partial charge on any atom is 0.287 e. The minimum atomic E-state index is -0.541. The van der Waals surface area contributed by atoms with Gasteiger partial charge in [-0.1, -0.05) is 46.6 Å². The van der Waals surface area contributed by atoms with Crippen LogP contribution in [-0.2, 0) is 4.79 Å². The maximum atomic E-state index is 11.9. The van der Waals surface area contributed by atoms with E-state index in [1.165, 1.54) is 24.3 Å². The number of thioether (sulfide) groups is 1. The van der Waals surface area contributed by atoms with Crippen molar-refractivity contribution in [2.75, 3.05) is 11.1 Å². The summed E-state index contributed by atoms with van der Waals surface area (Å²) in [4.78, 5) is 25.8. The lowest BCUT2D eigenvalue weighted by Gasteiger charge is -2.08. The first kappa shape index (κ1) is 17.8. The number of benzene rings is 1. The summed E-state index contributed by atoms with van der Waals surface area (Å²) in [5.74, 6) is -0.267. The number of rotatable bonds is 5. The Hall–Kier alpha value is -1.54. The molecule has 1 heterocycles. The van der Waals surface area contributed by atoms with Crippen LogP contribution < -0.4 is 5.32 Å². The molecule has 0 aliphatic carbocycles. The fraction of sp³-hybridized carbons (Fsp3) is 0.0769. The van der Waals surface area contributed by atoms with Crippen molar-refractivity contribution >= 4 is 63.8 Å². The van der Waals surface area contributed by atoms with Gasteiger partial charge in [-0.2, -0.15) is 0 Å². The van der Waals surface area contributed by atoms with Gasteiger partial charge in [-0.05, 0) is 18.2 Å². The summed E-state index contributed by atoms with van der Waals surface area (Å²) < 4.78 is 0. The minimum Gasteiger partial charge on any atom is -0.324 e. The third-order valence-corrected chi connectivity index (χ3v) is 4.55. The Morgan fingerprint density at radius 1 is 1.22 bits per heavy atom. The van der Waals surface area contributed by atoms with Crippen molar-refractivity contribution in [1.29, 1.82) is 0 Å². The van der Waals surface area contributed by atoms with E-state index in [9.17, 15) is 14.9 Å². The number of hydrogen-bond donors (Lipinski definition) is 1. The van der Waals surface area contributed by atoms with E-state index in [1.807, 2.05) is 0 Å². The second-order valence-electron chi connectivity index (χ2n) is 4.19. The van der Waals surface area contributed by atoms with Gasteiger partial charge in [0, 0.05) is 6.07 Å². The summed E-state index contributed by atoms with van der Waals surface area (Å²) in [5.41, 5.74) is 0.240. The predicted octanol–water partition coefficient (Wildman–Crippen LogP) is 4.68. The molecule has 0 saturated carbocycles. The van der Waals surface area contributed by atoms with Crippen molar-refractivity contribution in [1.82, 2.24) is 4.98 Å². The van der Waals surface area contributed by atoms with Gasteiger partial charge in [-0.25, -0.2) is 4.98 Å². The average molecular weight is 393 g/mol. The van der Waals surface area contributed by atoms with Crippen LogP contribution in [-0.4, -0.2) is 21.6 Å². The van der Waals surface area contributed by atoms with E-state index in [0.29, 0.717) is 15.7 Å². The molecular formula is C13H8Cl3N3O3S. The SMILES string of the molecule is O=C(CSc1ccc([N+](=O)[O-])cn1)Nc1cc(Cl)c(Cl)cc1Cl. The highest BCUT2D eigenvalue weighted by Gasteiger charge is 2.11. The van der Waals surface area contributed by atoms with Gasteiger partial charge in [0.15, 0.2) is 0 Å². The van der Waals surface area contributed by atoms with Crippen LogP contribution in [0.5, 0.6) is 0 Å². The van der Waals surface area contributed by atoms with Crippen LogP contribution in [0.1, 0.15) is 0 Å². The standard InChI is InChI=1S/C13H8Cl3N3O3S/c14-8-3-10(16)11(4-9(8)15)18-12(20)6-23-13-2-1-7(5-17-13)19(21)22/h1-5H,6H2,(H,18,20). The predicted molar refractivity (Wildman–Crippen MR) is 91.7 cm³/mol. The Bertz CT molecular complexity index is 756. The molecule has 0 aliphatic heterocycles. The summed E-state index contributed by atoms with van der Waals surface area (Å²) in [6, 6.07) is 5.69. The Morgan fingerprint density at radius 2 is 1.91 bits per heavy atom. The van der Waals surface area contributed by atoms with Crippen LogP contribution >= 0.6 is 46.6 Å². The highest BCUT2D eigenvalue weighted by molar-refractivity contribution is 7.99. The molecule has 1 amide bonds. The largest absolute Gasteiger partial charge is 0.324 e. The smallest absolute Gasteiger partial charge is 0.287 e. The van der Waals surface area contributed by atoms with Crippen molar-refractivity contribution in [2.24, 2.45) is 0 Å². The fourth-order valence-electron chi connectivity index (χ4n) is 1.51. The van der Waals surface area contributed by atoms with E-state index in [2.05, 4.69) is 10.3 Å². The number of hydrogen-bond acceptors (Lipinski definition) is 5. The third-order valence-electron chi connectivity index (χ3n) is 2.57. The summed E-state index contributed by atoms with van der Waals surface area (Å²) in [6.45, 7) is 0. The molecule has 0 bridgehead atoms. The lowest BCUT2D eigenvalue weighted by molar-refractivity contribution is -0.385. The first-order valence-electron chi connectivity index (χ1n) is 6.04. The summed E-state index contributed by atoms with van der Waals surface area (Å²) in [7, 11) is 0. The number of anilines is 1. The number of carbonyl (C=O) groups is 1. The Morgan fingerprint density at radius 3 is 2.52 bits per heavy atom. The number of pyridine rings is 1. The number of amides is 1. The molecule has 1 aromatic heterocycles. The first-order chi connectivity index (χ1) is 10.9. The van der Waals surface area contributed by atoms with Gasteiger partial charge < -0.3 is 5.32 Å². The van der Waals surface area contributed by atoms with Crippen LogP contribution in [0.4, 0.5) is 11.4 Å². The van der Waals surface area contributed by atoms with E-state index in [0.717, 1.165) is 18.0 Å². The number of carbonyl (C=O) groups excluding carboxylic acids is 1. The number of halogens is 3. The van der Waals surface area contributed by atoms with Crippen molar-refractivity contribution in [3.8, 4) is 0 Å². The summed E-state index contributed by atoms with van der Waals surface area (Å²) in [5, 5.41) is 14.5. The Labute approximate surface area is 150 Å². The molecule has 0 fully saturated rings. The normalized spacial score (nSPS) is 10.4. The summed E-state index contributed by atoms with van der Waals surface area (Å²) in [6.07, 6.45) is 1.13. The zero-order valence-electron chi connectivity index (χ0n) is 11.3. The first-order valence-corrected chi connectivity index (χ1v) is 8.16. The van der Waals surface area contributed by atoms with E-state index >= 15 is 0 Å². The van der Waals surface area contributed by atoms with Gasteiger partial charge in [-0.3, -0.25) is 14.9 Å². The van der Waals surface area contributed by atoms with Crippen molar-refractivity contribution in [2.45, 2.75) is 5.03 Å². The zero-order chi connectivity index (χ0) is 17.0. The fourth-order valence-corrected chi connectivity index (χ4v) is 2.75. The lowest BCUT2D eigenvalue weighted by Crippen LogP contribution is -2.14. The second kappa shape index (κ2) is 7.83. The molecule has 23 heavy (non-hydrogen) atoms. The summed E-state index contributed by atoms with van der Waals surface area (Å²) >= 11 is 18.8. The third kappa shape index (κ3) is 4.97. The lowest BCUT2D eigenvalue weighted by atomic mass is 10.3.